The van der Waals surface area contributed by atoms with Gasteiger partial charge in [-0.3, -0.25) is 4.79 Å². The van der Waals surface area contributed by atoms with E-state index in [9.17, 15) is 4.79 Å². The van der Waals surface area contributed by atoms with E-state index in [0.717, 1.165) is 0 Å². The summed E-state index contributed by atoms with van der Waals surface area (Å²) in [7, 11) is 0. The van der Waals surface area contributed by atoms with Gasteiger partial charge in [0.05, 0.1) is 5.03 Å². The Morgan fingerprint density at radius 2 is 1.87 bits per heavy atom. The minimum Gasteiger partial charge on any atom is -0.294 e. The van der Waals surface area contributed by atoms with Crippen LogP contribution in [0.1, 0.15) is 20.3 Å². The average Bonchev–Trinajstić information content (AvgIpc) is 2.12. The Hall–Kier alpha value is 0.310. The zero-order chi connectivity index (χ0) is 12.0. The molecule has 15 heavy (non-hydrogen) atoms. The van der Waals surface area contributed by atoms with E-state index in [1.165, 1.54) is 0 Å². The second-order valence-electron chi connectivity index (χ2n) is 3.69. The minimum atomic E-state index is -1.50. The van der Waals surface area contributed by atoms with Crippen LogP contribution in [-0.4, -0.2) is 15.0 Å². The molecule has 0 saturated carbocycles. The van der Waals surface area contributed by atoms with E-state index in [1.54, 1.807) is 13.8 Å². The number of alkyl halides is 3. The Balaban J connectivity index is 3.41. The third-order valence-electron chi connectivity index (χ3n) is 2.60. The molecule has 84 valence electrons. The fraction of sp³-hybridized carbons (Fsp3) is 0.500. The molecule has 0 aromatic heterocycles. The molecule has 1 atom stereocenters. The van der Waals surface area contributed by atoms with Crippen molar-refractivity contribution in [3.8, 4) is 0 Å². The average molecular weight is 288 g/mol. The highest BCUT2D eigenvalue weighted by atomic mass is 35.5. The first-order valence-corrected chi connectivity index (χ1v) is 5.78. The highest BCUT2D eigenvalue weighted by molar-refractivity contribution is 6.62. The first-order valence-electron chi connectivity index (χ1n) is 4.27. The predicted molar refractivity (Wildman–Crippen MR) is 66.0 cm³/mol. The highest BCUT2D eigenvalue weighted by Gasteiger charge is 2.56. The molecule has 0 spiro atoms. The van der Waals surface area contributed by atoms with Crippen molar-refractivity contribution in [2.45, 2.75) is 29.5 Å². The van der Waals surface area contributed by atoms with Crippen molar-refractivity contribution in [2.24, 2.45) is 0 Å². The molecule has 1 nitrogen and oxygen atoms in total. The molecule has 0 heterocycles. The Bertz CT molecular complexity index is 370. The second kappa shape index (κ2) is 3.96. The smallest absolute Gasteiger partial charge is 0.177 e. The number of carbonyl (C=O) groups excluding carboxylic acids is 1. The summed E-state index contributed by atoms with van der Waals surface area (Å²) < 4.78 is -1.50. The summed E-state index contributed by atoms with van der Waals surface area (Å²) >= 11 is 24.4. The summed E-state index contributed by atoms with van der Waals surface area (Å²) in [5.74, 6) is -0.157. The van der Waals surface area contributed by atoms with E-state index in [1.807, 2.05) is 0 Å². The van der Waals surface area contributed by atoms with Gasteiger partial charge >= 0.3 is 0 Å². The molecule has 0 N–H and O–H groups in total. The van der Waals surface area contributed by atoms with Crippen LogP contribution in [0.2, 0.25) is 0 Å². The van der Waals surface area contributed by atoms with Crippen molar-refractivity contribution >= 4 is 52.2 Å². The maximum absolute atomic E-state index is 11.6. The molecule has 0 radical (unpaired) electrons. The van der Waals surface area contributed by atoms with Gasteiger partial charge in [-0.1, -0.05) is 47.0 Å². The molecule has 0 bridgehead atoms. The summed E-state index contributed by atoms with van der Waals surface area (Å²) in [5.41, 5.74) is 0.882. The van der Waals surface area contributed by atoms with Gasteiger partial charge in [-0.05, 0) is 13.8 Å². The Morgan fingerprint density at radius 1 is 1.40 bits per heavy atom. The summed E-state index contributed by atoms with van der Waals surface area (Å²) in [6.45, 7) is 6.96. The minimum absolute atomic E-state index is 0.0128. The van der Waals surface area contributed by atoms with E-state index in [0.29, 0.717) is 11.1 Å². The third-order valence-corrected chi connectivity index (χ3v) is 5.32. The van der Waals surface area contributed by atoms with Gasteiger partial charge in [-0.25, -0.2) is 0 Å². The van der Waals surface area contributed by atoms with Crippen LogP contribution in [0.3, 0.4) is 0 Å². The zero-order valence-corrected chi connectivity index (χ0v) is 11.4. The van der Waals surface area contributed by atoms with E-state index < -0.39 is 9.21 Å². The maximum Gasteiger partial charge on any atom is 0.177 e. The number of hydrogen-bond acceptors (Lipinski definition) is 1. The zero-order valence-electron chi connectivity index (χ0n) is 8.33. The van der Waals surface area contributed by atoms with Crippen molar-refractivity contribution in [3.05, 3.63) is 22.8 Å². The molecule has 1 rings (SSSR count). The molecule has 0 aromatic carbocycles. The number of ketones is 1. The van der Waals surface area contributed by atoms with Gasteiger partial charge in [0.2, 0.25) is 0 Å². The van der Waals surface area contributed by atoms with E-state index in [2.05, 4.69) is 6.58 Å². The van der Waals surface area contributed by atoms with Crippen LogP contribution >= 0.6 is 46.4 Å². The van der Waals surface area contributed by atoms with Crippen molar-refractivity contribution in [2.75, 3.05) is 0 Å². The lowest BCUT2D eigenvalue weighted by Gasteiger charge is -2.41. The summed E-state index contributed by atoms with van der Waals surface area (Å²) in [6, 6.07) is 0. The van der Waals surface area contributed by atoms with Gasteiger partial charge in [0.15, 0.2) is 10.1 Å². The molecule has 1 aliphatic rings. The van der Waals surface area contributed by atoms with Crippen LogP contribution in [0.4, 0.5) is 0 Å². The Kier molecular flexibility index (Phi) is 3.53. The van der Waals surface area contributed by atoms with Crippen LogP contribution in [0, 0.1) is 0 Å². The Labute approximate surface area is 109 Å². The molecule has 0 aliphatic heterocycles. The lowest BCUT2D eigenvalue weighted by molar-refractivity contribution is -0.116. The van der Waals surface area contributed by atoms with Crippen molar-refractivity contribution in [1.29, 1.82) is 0 Å². The first-order chi connectivity index (χ1) is 6.64. The number of rotatable bonds is 1. The van der Waals surface area contributed by atoms with Gasteiger partial charge < -0.3 is 0 Å². The summed E-state index contributed by atoms with van der Waals surface area (Å²) in [5, 5.41) is 0.0834. The normalized spacial score (nSPS) is 30.7. The number of halogens is 4. The number of hydrogen-bond donors (Lipinski definition) is 0. The number of carbonyl (C=O) groups is 1. The van der Waals surface area contributed by atoms with Crippen molar-refractivity contribution < 1.29 is 4.79 Å². The quantitative estimate of drug-likeness (QED) is 0.522. The molecule has 0 aromatic rings. The summed E-state index contributed by atoms with van der Waals surface area (Å²) in [6.07, 6.45) is 0.0128. The van der Waals surface area contributed by atoms with Gasteiger partial charge in [0, 0.05) is 12.0 Å². The maximum atomic E-state index is 11.6. The standard InChI is InChI=1S/C10H10Cl4O/c1-5(2)9(12)4-7(15)6(3)8(11)10(9,13)14/h1,4H2,2-3H3. The van der Waals surface area contributed by atoms with Gasteiger partial charge in [-0.15, -0.1) is 11.6 Å². The van der Waals surface area contributed by atoms with Gasteiger partial charge in [-0.2, -0.15) is 0 Å². The number of Topliss-reactive ketones (excluding diaryl/α,β-unsaturated/α-hetero) is 1. The molecule has 5 heteroatoms. The van der Waals surface area contributed by atoms with Crippen LogP contribution < -0.4 is 0 Å². The van der Waals surface area contributed by atoms with Crippen LogP contribution in [-0.2, 0) is 4.79 Å². The lowest BCUT2D eigenvalue weighted by Crippen LogP contribution is -2.48. The topological polar surface area (TPSA) is 17.1 Å². The molecule has 0 saturated heterocycles. The van der Waals surface area contributed by atoms with Crippen LogP contribution in [0.25, 0.3) is 0 Å². The third kappa shape index (κ3) is 1.84. The molecule has 1 unspecified atom stereocenters. The fourth-order valence-corrected chi connectivity index (χ4v) is 2.69. The lowest BCUT2D eigenvalue weighted by atomic mass is 9.83. The van der Waals surface area contributed by atoms with E-state index >= 15 is 0 Å². The molecular formula is C10H10Cl4O. The molecular weight excluding hydrogens is 278 g/mol. The molecule has 1 aliphatic carbocycles. The van der Waals surface area contributed by atoms with Crippen molar-refractivity contribution in [3.63, 3.8) is 0 Å². The van der Waals surface area contributed by atoms with Gasteiger partial charge in [0.1, 0.15) is 4.87 Å². The SMILES string of the molecule is C=C(C)C1(Cl)CC(=O)C(C)=C(Cl)C1(Cl)Cl. The number of allylic oxidation sites excluding steroid dienone is 3. The predicted octanol–water partition coefficient (Wildman–Crippen LogP) is 4.20. The molecule has 0 fully saturated rings. The summed E-state index contributed by atoms with van der Waals surface area (Å²) in [4.78, 5) is 10.4. The van der Waals surface area contributed by atoms with Crippen molar-refractivity contribution in [1.82, 2.24) is 0 Å². The van der Waals surface area contributed by atoms with Crippen LogP contribution in [0.5, 0.6) is 0 Å². The highest BCUT2D eigenvalue weighted by Crippen LogP contribution is 2.55. The largest absolute Gasteiger partial charge is 0.294 e. The van der Waals surface area contributed by atoms with Gasteiger partial charge in [0.25, 0.3) is 0 Å². The van der Waals surface area contributed by atoms with E-state index in [4.69, 9.17) is 46.4 Å². The molecule has 0 amide bonds. The second-order valence-corrected chi connectivity index (χ2v) is 6.05. The van der Waals surface area contributed by atoms with Crippen LogP contribution in [0.15, 0.2) is 22.8 Å². The Morgan fingerprint density at radius 3 is 2.27 bits per heavy atom. The monoisotopic (exact) mass is 286 g/mol. The fourth-order valence-electron chi connectivity index (χ4n) is 1.42. The van der Waals surface area contributed by atoms with E-state index in [-0.39, 0.29) is 17.2 Å². The first kappa shape index (κ1) is 13.4.